The largest absolute Gasteiger partial charge is 0.375 e. The lowest BCUT2D eigenvalue weighted by atomic mass is 9.86. The summed E-state index contributed by atoms with van der Waals surface area (Å²) in [5.74, 6) is 0. The fourth-order valence-corrected chi connectivity index (χ4v) is 3.46. The van der Waals surface area contributed by atoms with Crippen LogP contribution in [-0.2, 0) is 17.3 Å². The van der Waals surface area contributed by atoms with Crippen molar-refractivity contribution in [3.63, 3.8) is 0 Å². The molecule has 1 aromatic carbocycles. The lowest BCUT2D eigenvalue weighted by Crippen LogP contribution is -2.14. The first-order valence-electron chi connectivity index (χ1n) is 7.42. The normalized spacial score (nSPS) is 12.7. The maximum atomic E-state index is 5.92. The summed E-state index contributed by atoms with van der Waals surface area (Å²) in [6.45, 7) is 13.3. The third-order valence-corrected chi connectivity index (χ3v) is 4.49. The summed E-state index contributed by atoms with van der Waals surface area (Å²) >= 11 is 1.61. The zero-order valence-corrected chi connectivity index (χ0v) is 14.8. The molecule has 3 heteroatoms. The highest BCUT2D eigenvalue weighted by molar-refractivity contribution is 7.15. The molecule has 2 N–H and O–H groups in total. The minimum absolute atomic E-state index is 0.0365. The number of nitrogens with zero attached hydrogens (tertiary/aromatic N) is 1. The highest BCUT2D eigenvalue weighted by atomic mass is 32.1. The number of benzene rings is 1. The number of nitrogens with two attached hydrogens (primary N) is 1. The van der Waals surface area contributed by atoms with Crippen LogP contribution in [-0.4, -0.2) is 4.98 Å². The molecule has 0 saturated heterocycles. The van der Waals surface area contributed by atoms with Crippen LogP contribution in [0.3, 0.4) is 0 Å². The Bertz CT molecular complexity index is 610. The number of aromatic nitrogens is 1. The van der Waals surface area contributed by atoms with E-state index in [1.807, 2.05) is 0 Å². The molecule has 1 heterocycles. The second kappa shape index (κ2) is 5.45. The molecule has 0 aliphatic rings. The second-order valence-electron chi connectivity index (χ2n) is 7.70. The first-order valence-corrected chi connectivity index (χ1v) is 8.24. The molecule has 114 valence electrons. The predicted molar refractivity (Wildman–Crippen MR) is 93.2 cm³/mol. The maximum absolute atomic E-state index is 5.92. The molecule has 0 aliphatic carbocycles. The molecule has 2 rings (SSSR count). The van der Waals surface area contributed by atoms with Crippen molar-refractivity contribution in [3.8, 4) is 0 Å². The quantitative estimate of drug-likeness (QED) is 0.856. The van der Waals surface area contributed by atoms with Gasteiger partial charge in [-0.15, -0.1) is 11.3 Å². The van der Waals surface area contributed by atoms with E-state index in [-0.39, 0.29) is 10.8 Å². The Morgan fingerprint density at radius 3 is 2.00 bits per heavy atom. The van der Waals surface area contributed by atoms with Crippen molar-refractivity contribution in [2.75, 3.05) is 5.73 Å². The van der Waals surface area contributed by atoms with Crippen molar-refractivity contribution in [2.24, 2.45) is 0 Å². The number of thiazole rings is 1. The molecule has 0 fully saturated rings. The number of hydrogen-bond donors (Lipinski definition) is 1. The summed E-state index contributed by atoms with van der Waals surface area (Å²) in [7, 11) is 0. The van der Waals surface area contributed by atoms with Gasteiger partial charge in [0.05, 0.1) is 5.69 Å². The molecule has 21 heavy (non-hydrogen) atoms. The van der Waals surface area contributed by atoms with Gasteiger partial charge in [-0.2, -0.15) is 0 Å². The molecular weight excluding hydrogens is 276 g/mol. The van der Waals surface area contributed by atoms with Gasteiger partial charge in [-0.25, -0.2) is 4.98 Å². The highest BCUT2D eigenvalue weighted by Gasteiger charge is 2.22. The molecule has 2 aromatic rings. The predicted octanol–water partition coefficient (Wildman–Crippen LogP) is 4.91. The number of nitrogen functional groups attached to an aromatic ring is 1. The Morgan fingerprint density at radius 1 is 0.952 bits per heavy atom. The molecule has 0 atom stereocenters. The molecule has 1 aromatic heterocycles. The zero-order valence-electron chi connectivity index (χ0n) is 13.9. The van der Waals surface area contributed by atoms with Crippen LogP contribution in [0.15, 0.2) is 24.3 Å². The fraction of sp³-hybridized carbons (Fsp3) is 0.500. The number of rotatable bonds is 2. The van der Waals surface area contributed by atoms with Gasteiger partial charge in [0.1, 0.15) is 0 Å². The number of anilines is 1. The molecule has 0 saturated carbocycles. The van der Waals surface area contributed by atoms with E-state index in [0.717, 1.165) is 12.1 Å². The van der Waals surface area contributed by atoms with E-state index in [1.165, 1.54) is 16.0 Å². The van der Waals surface area contributed by atoms with Crippen LogP contribution in [0.4, 0.5) is 5.13 Å². The van der Waals surface area contributed by atoms with Crippen LogP contribution < -0.4 is 5.73 Å². The van der Waals surface area contributed by atoms with Gasteiger partial charge in [-0.1, -0.05) is 65.8 Å². The van der Waals surface area contributed by atoms with Crippen LogP contribution >= 0.6 is 11.3 Å². The Labute approximate surface area is 132 Å². The van der Waals surface area contributed by atoms with E-state index >= 15 is 0 Å². The summed E-state index contributed by atoms with van der Waals surface area (Å²) in [5, 5.41) is 0.668. The first kappa shape index (κ1) is 16.0. The maximum Gasteiger partial charge on any atom is 0.180 e. The Balaban J connectivity index is 2.27. The Kier molecular flexibility index (Phi) is 4.16. The standard InChI is InChI=1S/C18H26N2S/c1-17(2,3)13-9-7-12(8-10-13)11-14-15(18(4,5)6)20-16(19)21-14/h7-10H,11H2,1-6H3,(H2,19,20). The van der Waals surface area contributed by atoms with Gasteiger partial charge in [-0.3, -0.25) is 0 Å². The van der Waals surface area contributed by atoms with Crippen LogP contribution in [0.5, 0.6) is 0 Å². The smallest absolute Gasteiger partial charge is 0.180 e. The summed E-state index contributed by atoms with van der Waals surface area (Å²) in [6, 6.07) is 8.92. The third-order valence-electron chi connectivity index (χ3n) is 3.61. The minimum Gasteiger partial charge on any atom is -0.375 e. The molecule has 0 spiro atoms. The van der Waals surface area contributed by atoms with Gasteiger partial charge >= 0.3 is 0 Å². The van der Waals surface area contributed by atoms with Crippen molar-refractivity contribution in [1.82, 2.24) is 4.98 Å². The third kappa shape index (κ3) is 3.85. The van der Waals surface area contributed by atoms with E-state index in [2.05, 4.69) is 70.8 Å². The van der Waals surface area contributed by atoms with Crippen molar-refractivity contribution < 1.29 is 0 Å². The van der Waals surface area contributed by atoms with Gasteiger partial charge in [-0.05, 0) is 16.5 Å². The average molecular weight is 302 g/mol. The topological polar surface area (TPSA) is 38.9 Å². The Hall–Kier alpha value is -1.35. The van der Waals surface area contributed by atoms with Crippen LogP contribution in [0.1, 0.15) is 63.2 Å². The van der Waals surface area contributed by atoms with Gasteiger partial charge in [0.2, 0.25) is 0 Å². The van der Waals surface area contributed by atoms with Gasteiger partial charge < -0.3 is 5.73 Å². The molecule has 0 radical (unpaired) electrons. The molecule has 0 unspecified atom stereocenters. The van der Waals surface area contributed by atoms with Crippen LogP contribution in [0, 0.1) is 0 Å². The fourth-order valence-electron chi connectivity index (χ4n) is 2.38. The Morgan fingerprint density at radius 2 is 1.52 bits per heavy atom. The summed E-state index contributed by atoms with van der Waals surface area (Å²) < 4.78 is 0. The van der Waals surface area contributed by atoms with E-state index < -0.39 is 0 Å². The molecule has 0 aliphatic heterocycles. The molecule has 2 nitrogen and oxygen atoms in total. The van der Waals surface area contributed by atoms with Gasteiger partial charge in [0.15, 0.2) is 5.13 Å². The van der Waals surface area contributed by atoms with E-state index in [0.29, 0.717) is 5.13 Å². The minimum atomic E-state index is 0.0365. The van der Waals surface area contributed by atoms with Crippen molar-refractivity contribution >= 4 is 16.5 Å². The van der Waals surface area contributed by atoms with Crippen molar-refractivity contribution in [1.29, 1.82) is 0 Å². The van der Waals surface area contributed by atoms with Crippen LogP contribution in [0.2, 0.25) is 0 Å². The van der Waals surface area contributed by atoms with E-state index in [1.54, 1.807) is 11.3 Å². The van der Waals surface area contributed by atoms with Crippen LogP contribution in [0.25, 0.3) is 0 Å². The summed E-state index contributed by atoms with van der Waals surface area (Å²) in [6.07, 6.45) is 0.909. The second-order valence-corrected chi connectivity index (χ2v) is 8.81. The van der Waals surface area contributed by atoms with E-state index in [4.69, 9.17) is 5.73 Å². The highest BCUT2D eigenvalue weighted by Crippen LogP contribution is 2.32. The van der Waals surface area contributed by atoms with Gasteiger partial charge in [0, 0.05) is 16.7 Å². The van der Waals surface area contributed by atoms with Crippen molar-refractivity contribution in [3.05, 3.63) is 46.0 Å². The molecular formula is C18H26N2S. The molecule has 0 bridgehead atoms. The number of hydrogen-bond acceptors (Lipinski definition) is 3. The average Bonchev–Trinajstić information content (AvgIpc) is 2.69. The summed E-state index contributed by atoms with van der Waals surface area (Å²) in [5.41, 5.74) is 9.97. The van der Waals surface area contributed by atoms with Crippen molar-refractivity contribution in [2.45, 2.75) is 58.8 Å². The van der Waals surface area contributed by atoms with Gasteiger partial charge in [0.25, 0.3) is 0 Å². The first-order chi connectivity index (χ1) is 9.57. The lowest BCUT2D eigenvalue weighted by molar-refractivity contribution is 0.568. The summed E-state index contributed by atoms with van der Waals surface area (Å²) in [4.78, 5) is 5.81. The SMILES string of the molecule is CC(C)(C)c1ccc(Cc2sc(N)nc2C(C)(C)C)cc1. The van der Waals surface area contributed by atoms with E-state index in [9.17, 15) is 0 Å². The monoisotopic (exact) mass is 302 g/mol. The lowest BCUT2D eigenvalue weighted by Gasteiger charge is -2.20. The zero-order chi connectivity index (χ0) is 15.8. The molecule has 0 amide bonds.